The highest BCUT2D eigenvalue weighted by Gasteiger charge is 2.17. The highest BCUT2D eigenvalue weighted by atomic mass is 79.9. The van der Waals surface area contributed by atoms with Crippen molar-refractivity contribution < 1.29 is 14.8 Å². The van der Waals surface area contributed by atoms with Crippen LogP contribution >= 0.6 is 31.9 Å². The summed E-state index contributed by atoms with van der Waals surface area (Å²) in [6, 6.07) is 9.32. The van der Waals surface area contributed by atoms with Gasteiger partial charge in [0.15, 0.2) is 0 Å². The summed E-state index contributed by atoms with van der Waals surface area (Å²) in [6.07, 6.45) is 1.13. The Bertz CT molecular complexity index is 809. The molecule has 0 unspecified atom stereocenters. The topological polar surface area (TPSA) is 105 Å². The third-order valence-corrected chi connectivity index (χ3v) is 3.69. The van der Waals surface area contributed by atoms with E-state index in [1.54, 1.807) is 24.3 Å². The van der Waals surface area contributed by atoms with E-state index in [0.29, 0.717) is 10.0 Å². The standard InChI is InChI=1S/C14H9Br2N3O4/c15-10-3-1-2-8(4-10)14(21)18-17-7-9-5-11(16)6-12(13(9)20)19(22)23/h1-7,20H,(H,18,21)/b17-7+. The molecule has 9 heteroatoms. The Labute approximate surface area is 147 Å². The molecule has 0 bridgehead atoms. The van der Waals surface area contributed by atoms with E-state index in [4.69, 9.17) is 0 Å². The molecule has 0 spiro atoms. The Morgan fingerprint density at radius 3 is 2.65 bits per heavy atom. The molecule has 118 valence electrons. The zero-order valence-electron chi connectivity index (χ0n) is 11.4. The molecule has 0 fully saturated rings. The summed E-state index contributed by atoms with van der Waals surface area (Å²) in [4.78, 5) is 22.0. The molecule has 2 aromatic rings. The number of carbonyl (C=O) groups excluding carboxylic acids is 1. The Morgan fingerprint density at radius 1 is 1.26 bits per heavy atom. The van der Waals surface area contributed by atoms with Crippen LogP contribution in [0.15, 0.2) is 50.4 Å². The van der Waals surface area contributed by atoms with Crippen LogP contribution in [0.3, 0.4) is 0 Å². The number of hydrogen-bond donors (Lipinski definition) is 2. The molecule has 7 nitrogen and oxygen atoms in total. The van der Waals surface area contributed by atoms with Gasteiger partial charge in [0.25, 0.3) is 5.91 Å². The van der Waals surface area contributed by atoms with E-state index in [1.165, 1.54) is 12.1 Å². The third-order valence-electron chi connectivity index (χ3n) is 2.74. The minimum atomic E-state index is -0.711. The first-order chi connectivity index (χ1) is 10.9. The van der Waals surface area contributed by atoms with Gasteiger partial charge in [-0.1, -0.05) is 37.9 Å². The predicted molar refractivity (Wildman–Crippen MR) is 91.7 cm³/mol. The maximum absolute atomic E-state index is 11.9. The van der Waals surface area contributed by atoms with E-state index in [0.717, 1.165) is 10.7 Å². The van der Waals surface area contributed by atoms with Crippen LogP contribution in [0.4, 0.5) is 5.69 Å². The molecule has 0 saturated heterocycles. The summed E-state index contributed by atoms with van der Waals surface area (Å²) in [6.45, 7) is 0. The largest absolute Gasteiger partial charge is 0.502 e. The van der Waals surface area contributed by atoms with Crippen molar-refractivity contribution in [3.63, 3.8) is 0 Å². The summed E-state index contributed by atoms with van der Waals surface area (Å²) in [5.74, 6) is -0.981. The average Bonchev–Trinajstić information content (AvgIpc) is 2.49. The lowest BCUT2D eigenvalue weighted by atomic mass is 10.2. The molecule has 23 heavy (non-hydrogen) atoms. The number of rotatable bonds is 4. The van der Waals surface area contributed by atoms with Gasteiger partial charge in [0, 0.05) is 26.1 Å². The molecule has 2 rings (SSSR count). The van der Waals surface area contributed by atoms with Crippen molar-refractivity contribution in [3.05, 3.63) is 66.6 Å². The van der Waals surface area contributed by atoms with Gasteiger partial charge in [-0.2, -0.15) is 5.10 Å². The van der Waals surface area contributed by atoms with Gasteiger partial charge in [0.05, 0.1) is 11.1 Å². The van der Waals surface area contributed by atoms with Crippen molar-refractivity contribution in [1.82, 2.24) is 5.43 Å². The van der Waals surface area contributed by atoms with Crippen LogP contribution in [0.5, 0.6) is 5.75 Å². The number of phenolic OH excluding ortho intramolecular Hbond substituents is 1. The van der Waals surface area contributed by atoms with Crippen LogP contribution in [-0.2, 0) is 0 Å². The van der Waals surface area contributed by atoms with Crippen LogP contribution in [-0.4, -0.2) is 22.2 Å². The van der Waals surface area contributed by atoms with Crippen molar-refractivity contribution in [3.8, 4) is 5.75 Å². The molecule has 0 aromatic heterocycles. The highest BCUT2D eigenvalue weighted by Crippen LogP contribution is 2.32. The van der Waals surface area contributed by atoms with Gasteiger partial charge in [-0.05, 0) is 24.3 Å². The van der Waals surface area contributed by atoms with Gasteiger partial charge in [-0.15, -0.1) is 0 Å². The lowest BCUT2D eigenvalue weighted by Crippen LogP contribution is -2.17. The molecular formula is C14H9Br2N3O4. The molecule has 0 radical (unpaired) electrons. The average molecular weight is 443 g/mol. The molecule has 1 amide bonds. The highest BCUT2D eigenvalue weighted by molar-refractivity contribution is 9.10. The zero-order valence-corrected chi connectivity index (χ0v) is 14.5. The molecule has 0 saturated carbocycles. The summed E-state index contributed by atoms with van der Waals surface area (Å²) < 4.78 is 1.15. The molecular weight excluding hydrogens is 434 g/mol. The van der Waals surface area contributed by atoms with Crippen molar-refractivity contribution in [2.24, 2.45) is 5.10 Å². The number of aromatic hydroxyl groups is 1. The number of nitro groups is 1. The molecule has 2 N–H and O–H groups in total. The van der Waals surface area contributed by atoms with Gasteiger partial charge in [-0.25, -0.2) is 5.43 Å². The van der Waals surface area contributed by atoms with Crippen LogP contribution < -0.4 is 5.43 Å². The first kappa shape index (κ1) is 17.1. The van der Waals surface area contributed by atoms with Gasteiger partial charge in [-0.3, -0.25) is 14.9 Å². The summed E-state index contributed by atoms with van der Waals surface area (Å²) in [5.41, 5.74) is 2.31. The molecule has 0 aliphatic heterocycles. The van der Waals surface area contributed by atoms with E-state index in [-0.39, 0.29) is 5.56 Å². The van der Waals surface area contributed by atoms with Crippen LogP contribution in [0.25, 0.3) is 0 Å². The maximum Gasteiger partial charge on any atom is 0.312 e. The maximum atomic E-state index is 11.9. The first-order valence-corrected chi connectivity index (χ1v) is 7.73. The SMILES string of the molecule is O=C(N/N=C/c1cc(Br)cc([N+](=O)[O-])c1O)c1cccc(Br)c1. The second kappa shape index (κ2) is 7.34. The number of carbonyl (C=O) groups is 1. The Kier molecular flexibility index (Phi) is 5.45. The Balaban J connectivity index is 2.18. The van der Waals surface area contributed by atoms with E-state index in [9.17, 15) is 20.0 Å². The fraction of sp³-hybridized carbons (Fsp3) is 0. The van der Waals surface area contributed by atoms with E-state index in [1.807, 2.05) is 0 Å². The number of nitrogens with one attached hydrogen (secondary N) is 1. The zero-order chi connectivity index (χ0) is 17.0. The van der Waals surface area contributed by atoms with Gasteiger partial charge in [0.2, 0.25) is 5.75 Å². The number of phenols is 1. The van der Waals surface area contributed by atoms with Crippen LogP contribution in [0.1, 0.15) is 15.9 Å². The Morgan fingerprint density at radius 2 is 2.00 bits per heavy atom. The van der Waals surface area contributed by atoms with Gasteiger partial charge < -0.3 is 5.11 Å². The van der Waals surface area contributed by atoms with Crippen molar-refractivity contribution >= 4 is 49.7 Å². The van der Waals surface area contributed by atoms with Crippen molar-refractivity contribution in [1.29, 1.82) is 0 Å². The number of nitro benzene ring substituents is 1. The van der Waals surface area contributed by atoms with E-state index in [2.05, 4.69) is 42.4 Å². The lowest BCUT2D eigenvalue weighted by Gasteiger charge is -2.02. The minimum Gasteiger partial charge on any atom is -0.502 e. The van der Waals surface area contributed by atoms with Crippen molar-refractivity contribution in [2.45, 2.75) is 0 Å². The second-order valence-corrected chi connectivity index (χ2v) is 6.16. The fourth-order valence-electron chi connectivity index (χ4n) is 1.70. The molecule has 0 atom stereocenters. The monoisotopic (exact) mass is 441 g/mol. The number of benzene rings is 2. The quantitative estimate of drug-likeness (QED) is 0.428. The molecule has 0 aliphatic carbocycles. The molecule has 0 aliphatic rings. The normalized spacial score (nSPS) is 10.7. The van der Waals surface area contributed by atoms with Gasteiger partial charge in [0.1, 0.15) is 0 Å². The smallest absolute Gasteiger partial charge is 0.312 e. The number of amides is 1. The minimum absolute atomic E-state index is 0.0978. The van der Waals surface area contributed by atoms with Crippen LogP contribution in [0.2, 0.25) is 0 Å². The number of nitrogens with zero attached hydrogens (tertiary/aromatic N) is 2. The molecule has 0 heterocycles. The summed E-state index contributed by atoms with van der Waals surface area (Å²) >= 11 is 6.37. The number of hydrazone groups is 1. The second-order valence-electron chi connectivity index (χ2n) is 4.33. The predicted octanol–water partition coefficient (Wildman–Crippen LogP) is 3.59. The number of halogens is 2. The van der Waals surface area contributed by atoms with Crippen LogP contribution in [0, 0.1) is 10.1 Å². The molecule has 2 aromatic carbocycles. The summed E-state index contributed by atoms with van der Waals surface area (Å²) in [7, 11) is 0. The fourth-order valence-corrected chi connectivity index (χ4v) is 2.56. The lowest BCUT2D eigenvalue weighted by molar-refractivity contribution is -0.385. The van der Waals surface area contributed by atoms with Gasteiger partial charge >= 0.3 is 5.69 Å². The third kappa shape index (κ3) is 4.36. The van der Waals surface area contributed by atoms with E-state index < -0.39 is 22.3 Å². The summed E-state index contributed by atoms with van der Waals surface area (Å²) in [5, 5.41) is 24.4. The Hall–Kier alpha value is -2.26. The van der Waals surface area contributed by atoms with Crippen molar-refractivity contribution in [2.75, 3.05) is 0 Å². The van der Waals surface area contributed by atoms with E-state index >= 15 is 0 Å². The first-order valence-electron chi connectivity index (χ1n) is 6.14. The number of hydrogen-bond acceptors (Lipinski definition) is 5.